The van der Waals surface area contributed by atoms with E-state index in [1.165, 1.54) is 27.8 Å². The smallest absolute Gasteiger partial charge is 0.0291 e. The molecule has 2 nitrogen and oxygen atoms in total. The summed E-state index contributed by atoms with van der Waals surface area (Å²) in [6, 6.07) is 15.6. The Kier molecular flexibility index (Phi) is 4.94. The molecule has 0 heterocycles. The van der Waals surface area contributed by atoms with Gasteiger partial charge in [-0.2, -0.15) is 0 Å². The number of aryl methyl sites for hydroxylation is 3. The Labute approximate surface area is 122 Å². The first-order chi connectivity index (χ1) is 9.56. The van der Waals surface area contributed by atoms with Crippen molar-refractivity contribution in [2.75, 3.05) is 0 Å². The predicted molar refractivity (Wildman–Crippen MR) is 85.6 cm³/mol. The summed E-state index contributed by atoms with van der Waals surface area (Å²) in [4.78, 5) is 0. The summed E-state index contributed by atoms with van der Waals surface area (Å²) >= 11 is 0. The molecule has 0 saturated heterocycles. The van der Waals surface area contributed by atoms with Gasteiger partial charge in [-0.25, -0.2) is 0 Å². The van der Waals surface area contributed by atoms with E-state index in [0.717, 1.165) is 12.8 Å². The van der Waals surface area contributed by atoms with E-state index in [2.05, 4.69) is 68.7 Å². The topological polar surface area (TPSA) is 38.0 Å². The zero-order valence-electron chi connectivity index (χ0n) is 12.6. The quantitative estimate of drug-likeness (QED) is 0.645. The standard InChI is InChI=1S/C18H24N2/c1-13-5-4-6-16(8-13)11-18(20-19)12-17-9-14(2)7-15(3)10-17/h4-10,18,20H,11-12,19H2,1-3H3. The number of hydrogen-bond donors (Lipinski definition) is 2. The third-order valence-electron chi connectivity index (χ3n) is 3.56. The molecule has 1 unspecified atom stereocenters. The molecule has 2 aromatic rings. The summed E-state index contributed by atoms with van der Waals surface area (Å²) in [5.41, 5.74) is 9.55. The number of rotatable bonds is 5. The Bertz CT molecular complexity index is 555. The molecular weight excluding hydrogens is 244 g/mol. The van der Waals surface area contributed by atoms with Crippen LogP contribution in [0.2, 0.25) is 0 Å². The molecule has 2 heteroatoms. The van der Waals surface area contributed by atoms with Crippen LogP contribution in [0, 0.1) is 20.8 Å². The predicted octanol–water partition coefficient (Wildman–Crippen LogP) is 3.23. The highest BCUT2D eigenvalue weighted by Gasteiger charge is 2.09. The van der Waals surface area contributed by atoms with Crippen molar-refractivity contribution in [2.45, 2.75) is 39.7 Å². The van der Waals surface area contributed by atoms with Crippen molar-refractivity contribution in [2.24, 2.45) is 5.84 Å². The van der Waals surface area contributed by atoms with Crippen LogP contribution in [0.3, 0.4) is 0 Å². The van der Waals surface area contributed by atoms with Crippen LogP contribution in [-0.2, 0) is 12.8 Å². The SMILES string of the molecule is Cc1cccc(CC(Cc2cc(C)cc(C)c2)NN)c1. The number of benzene rings is 2. The average molecular weight is 268 g/mol. The number of nitrogens with one attached hydrogen (secondary N) is 1. The van der Waals surface area contributed by atoms with Gasteiger partial charge in [0.25, 0.3) is 0 Å². The van der Waals surface area contributed by atoms with Crippen LogP contribution in [0.1, 0.15) is 27.8 Å². The summed E-state index contributed by atoms with van der Waals surface area (Å²) in [7, 11) is 0. The Morgan fingerprint density at radius 1 is 0.850 bits per heavy atom. The van der Waals surface area contributed by atoms with E-state index in [1.807, 2.05) is 0 Å². The van der Waals surface area contributed by atoms with E-state index in [-0.39, 0.29) is 6.04 Å². The molecule has 2 aromatic carbocycles. The van der Waals surface area contributed by atoms with Gasteiger partial charge in [-0.3, -0.25) is 11.3 Å². The van der Waals surface area contributed by atoms with Gasteiger partial charge in [0.05, 0.1) is 0 Å². The lowest BCUT2D eigenvalue weighted by Gasteiger charge is -2.17. The average Bonchev–Trinajstić information content (AvgIpc) is 2.36. The van der Waals surface area contributed by atoms with Crippen molar-refractivity contribution in [1.82, 2.24) is 5.43 Å². The maximum absolute atomic E-state index is 5.73. The van der Waals surface area contributed by atoms with Gasteiger partial charge >= 0.3 is 0 Å². The summed E-state index contributed by atoms with van der Waals surface area (Å²) in [5.74, 6) is 5.73. The van der Waals surface area contributed by atoms with E-state index in [4.69, 9.17) is 5.84 Å². The van der Waals surface area contributed by atoms with Gasteiger partial charge in [0.1, 0.15) is 0 Å². The molecule has 0 spiro atoms. The van der Waals surface area contributed by atoms with Gasteiger partial charge in [-0.15, -0.1) is 0 Å². The van der Waals surface area contributed by atoms with E-state index < -0.39 is 0 Å². The summed E-state index contributed by atoms with van der Waals surface area (Å²) in [6.45, 7) is 6.40. The summed E-state index contributed by atoms with van der Waals surface area (Å²) in [6.07, 6.45) is 1.90. The lowest BCUT2D eigenvalue weighted by atomic mass is 9.96. The van der Waals surface area contributed by atoms with Crippen LogP contribution in [0.25, 0.3) is 0 Å². The third-order valence-corrected chi connectivity index (χ3v) is 3.56. The highest BCUT2D eigenvalue weighted by Crippen LogP contribution is 2.13. The van der Waals surface area contributed by atoms with Gasteiger partial charge in [0.15, 0.2) is 0 Å². The van der Waals surface area contributed by atoms with Crippen molar-refractivity contribution in [3.8, 4) is 0 Å². The van der Waals surface area contributed by atoms with Crippen molar-refractivity contribution in [1.29, 1.82) is 0 Å². The van der Waals surface area contributed by atoms with Crippen LogP contribution in [-0.4, -0.2) is 6.04 Å². The molecule has 0 amide bonds. The van der Waals surface area contributed by atoms with Gasteiger partial charge in [-0.1, -0.05) is 59.2 Å². The van der Waals surface area contributed by atoms with Gasteiger partial charge < -0.3 is 0 Å². The minimum atomic E-state index is 0.262. The van der Waals surface area contributed by atoms with Crippen LogP contribution < -0.4 is 11.3 Å². The second kappa shape index (κ2) is 6.69. The first-order valence-corrected chi connectivity index (χ1v) is 7.15. The number of nitrogens with two attached hydrogens (primary N) is 1. The van der Waals surface area contributed by atoms with E-state index in [9.17, 15) is 0 Å². The molecule has 106 valence electrons. The Balaban J connectivity index is 2.09. The lowest BCUT2D eigenvalue weighted by molar-refractivity contribution is 0.522. The van der Waals surface area contributed by atoms with Crippen molar-refractivity contribution >= 4 is 0 Å². The molecule has 0 aliphatic rings. The summed E-state index contributed by atoms with van der Waals surface area (Å²) in [5, 5.41) is 0. The second-order valence-electron chi connectivity index (χ2n) is 5.76. The first-order valence-electron chi connectivity index (χ1n) is 7.15. The Hall–Kier alpha value is -1.64. The van der Waals surface area contributed by atoms with Crippen LogP contribution in [0.15, 0.2) is 42.5 Å². The van der Waals surface area contributed by atoms with Crippen molar-refractivity contribution < 1.29 is 0 Å². The molecule has 0 bridgehead atoms. The Morgan fingerprint density at radius 2 is 1.45 bits per heavy atom. The molecule has 3 N–H and O–H groups in total. The maximum atomic E-state index is 5.73. The zero-order valence-corrected chi connectivity index (χ0v) is 12.6. The summed E-state index contributed by atoms with van der Waals surface area (Å²) < 4.78 is 0. The molecule has 0 aliphatic carbocycles. The van der Waals surface area contributed by atoms with Crippen molar-refractivity contribution in [3.05, 3.63) is 70.3 Å². The Morgan fingerprint density at radius 3 is 2.05 bits per heavy atom. The van der Waals surface area contributed by atoms with E-state index in [1.54, 1.807) is 0 Å². The molecule has 0 aliphatic heterocycles. The molecule has 0 radical (unpaired) electrons. The molecule has 1 atom stereocenters. The van der Waals surface area contributed by atoms with Gasteiger partial charge in [0.2, 0.25) is 0 Å². The fourth-order valence-corrected chi connectivity index (χ4v) is 2.79. The largest absolute Gasteiger partial charge is 0.271 e. The minimum Gasteiger partial charge on any atom is -0.271 e. The third kappa shape index (κ3) is 4.19. The maximum Gasteiger partial charge on any atom is 0.0291 e. The molecule has 0 aromatic heterocycles. The fraction of sp³-hybridized carbons (Fsp3) is 0.333. The molecule has 20 heavy (non-hydrogen) atoms. The minimum absolute atomic E-state index is 0.262. The second-order valence-corrected chi connectivity index (χ2v) is 5.76. The fourth-order valence-electron chi connectivity index (χ4n) is 2.79. The molecule has 2 rings (SSSR count). The van der Waals surface area contributed by atoms with Crippen LogP contribution in [0.4, 0.5) is 0 Å². The lowest BCUT2D eigenvalue weighted by Crippen LogP contribution is -2.38. The molecule has 0 saturated carbocycles. The zero-order chi connectivity index (χ0) is 14.5. The van der Waals surface area contributed by atoms with E-state index >= 15 is 0 Å². The molecular formula is C18H24N2. The van der Waals surface area contributed by atoms with Gasteiger partial charge in [0, 0.05) is 6.04 Å². The van der Waals surface area contributed by atoms with Gasteiger partial charge in [-0.05, 0) is 44.7 Å². The normalized spacial score (nSPS) is 12.4. The number of hydrazine groups is 1. The number of hydrogen-bond acceptors (Lipinski definition) is 2. The van der Waals surface area contributed by atoms with Crippen LogP contribution >= 0.6 is 0 Å². The monoisotopic (exact) mass is 268 g/mol. The van der Waals surface area contributed by atoms with Crippen molar-refractivity contribution in [3.63, 3.8) is 0 Å². The van der Waals surface area contributed by atoms with E-state index in [0.29, 0.717) is 0 Å². The highest BCUT2D eigenvalue weighted by molar-refractivity contribution is 5.30. The van der Waals surface area contributed by atoms with Crippen LogP contribution in [0.5, 0.6) is 0 Å². The molecule has 0 fully saturated rings. The first kappa shape index (κ1) is 14.8. The highest BCUT2D eigenvalue weighted by atomic mass is 15.2.